The molecule has 0 spiro atoms. The molecule has 0 atom stereocenters. The number of rotatable bonds is 6. The average Bonchev–Trinajstić information content (AvgIpc) is 2.81. The third-order valence-electron chi connectivity index (χ3n) is 5.87. The molecule has 0 N–H and O–H groups in total. The minimum Gasteiger partial charge on any atom is -0.491 e. The van der Waals surface area contributed by atoms with Crippen LogP contribution in [-0.4, -0.2) is 93.8 Å². The highest BCUT2D eigenvalue weighted by Crippen LogP contribution is 2.25. The van der Waals surface area contributed by atoms with Crippen molar-refractivity contribution in [2.24, 2.45) is 0 Å². The SMILES string of the molecule is CCOc1ccc(S(=O)(=O)N2CCN(c3ccc(N4CCN(C)CC4)nn3)CC2)cc1F. The van der Waals surface area contributed by atoms with E-state index in [0.717, 1.165) is 43.9 Å². The van der Waals surface area contributed by atoms with Crippen LogP contribution in [-0.2, 0) is 10.0 Å². The van der Waals surface area contributed by atoms with Gasteiger partial charge in [-0.3, -0.25) is 0 Å². The van der Waals surface area contributed by atoms with Gasteiger partial charge >= 0.3 is 0 Å². The summed E-state index contributed by atoms with van der Waals surface area (Å²) in [5.74, 6) is 0.963. The fourth-order valence-electron chi connectivity index (χ4n) is 3.91. The Hall–Kier alpha value is -2.50. The van der Waals surface area contributed by atoms with Crippen molar-refractivity contribution in [1.29, 1.82) is 0 Å². The topological polar surface area (TPSA) is 82.1 Å². The van der Waals surface area contributed by atoms with E-state index in [9.17, 15) is 12.8 Å². The number of halogens is 1. The van der Waals surface area contributed by atoms with Gasteiger partial charge in [-0.15, -0.1) is 10.2 Å². The Morgan fingerprint density at radius 3 is 1.97 bits per heavy atom. The highest BCUT2D eigenvalue weighted by molar-refractivity contribution is 7.89. The van der Waals surface area contributed by atoms with Crippen molar-refractivity contribution >= 4 is 21.7 Å². The molecule has 1 aromatic heterocycles. The summed E-state index contributed by atoms with van der Waals surface area (Å²) in [6.07, 6.45) is 0. The van der Waals surface area contributed by atoms with E-state index in [1.807, 2.05) is 17.0 Å². The fourth-order valence-corrected chi connectivity index (χ4v) is 5.35. The Kier molecular flexibility index (Phi) is 6.77. The fraction of sp³-hybridized carbons (Fsp3) is 0.524. The smallest absolute Gasteiger partial charge is 0.243 e. The van der Waals surface area contributed by atoms with Crippen LogP contribution in [0.25, 0.3) is 0 Å². The molecule has 32 heavy (non-hydrogen) atoms. The molecule has 3 heterocycles. The van der Waals surface area contributed by atoms with Crippen LogP contribution >= 0.6 is 0 Å². The lowest BCUT2D eigenvalue weighted by Crippen LogP contribution is -2.49. The average molecular weight is 465 g/mol. The predicted molar refractivity (Wildman–Crippen MR) is 120 cm³/mol. The van der Waals surface area contributed by atoms with Gasteiger partial charge in [0.05, 0.1) is 11.5 Å². The summed E-state index contributed by atoms with van der Waals surface area (Å²) in [6, 6.07) is 7.68. The first kappa shape index (κ1) is 22.7. The van der Waals surface area contributed by atoms with Gasteiger partial charge in [0, 0.05) is 52.4 Å². The van der Waals surface area contributed by atoms with Gasteiger partial charge in [0.25, 0.3) is 0 Å². The molecule has 0 amide bonds. The summed E-state index contributed by atoms with van der Waals surface area (Å²) in [6.45, 7) is 7.45. The van der Waals surface area contributed by atoms with Crippen molar-refractivity contribution in [3.63, 3.8) is 0 Å². The molecule has 0 unspecified atom stereocenters. The molecule has 2 aromatic rings. The second-order valence-electron chi connectivity index (χ2n) is 7.96. The van der Waals surface area contributed by atoms with Crippen LogP contribution < -0.4 is 14.5 Å². The second-order valence-corrected chi connectivity index (χ2v) is 9.89. The molecular formula is C21H29FN6O3S. The van der Waals surface area contributed by atoms with Crippen molar-refractivity contribution in [2.75, 3.05) is 75.8 Å². The number of aromatic nitrogens is 2. The van der Waals surface area contributed by atoms with E-state index >= 15 is 0 Å². The summed E-state index contributed by atoms with van der Waals surface area (Å²) >= 11 is 0. The predicted octanol–water partition coefficient (Wildman–Crippen LogP) is 1.28. The lowest BCUT2D eigenvalue weighted by molar-refractivity contribution is 0.312. The Morgan fingerprint density at radius 1 is 0.906 bits per heavy atom. The third kappa shape index (κ3) is 4.79. The number of likely N-dealkylation sites (N-methyl/N-ethyl adjacent to an activating group) is 1. The zero-order valence-corrected chi connectivity index (χ0v) is 19.3. The van der Waals surface area contributed by atoms with E-state index in [-0.39, 0.29) is 10.6 Å². The lowest BCUT2D eigenvalue weighted by Gasteiger charge is -2.35. The summed E-state index contributed by atoms with van der Waals surface area (Å²) in [5, 5.41) is 8.75. The van der Waals surface area contributed by atoms with E-state index in [1.165, 1.54) is 16.4 Å². The standard InChI is InChI=1S/C21H29FN6O3S/c1-3-31-19-5-4-17(16-18(19)22)32(29,30)28-14-12-27(13-15-28)21-7-6-20(23-24-21)26-10-8-25(2)9-11-26/h4-7,16H,3,8-15H2,1-2H3. The Balaban J connectivity index is 1.38. The molecule has 2 aliphatic rings. The van der Waals surface area contributed by atoms with E-state index in [1.54, 1.807) is 6.92 Å². The number of ether oxygens (including phenoxy) is 1. The van der Waals surface area contributed by atoms with Crippen LogP contribution in [0, 0.1) is 5.82 Å². The highest BCUT2D eigenvalue weighted by Gasteiger charge is 2.30. The van der Waals surface area contributed by atoms with E-state index in [4.69, 9.17) is 4.74 Å². The zero-order chi connectivity index (χ0) is 22.7. The van der Waals surface area contributed by atoms with Gasteiger partial charge in [-0.2, -0.15) is 4.31 Å². The maximum atomic E-state index is 14.2. The van der Waals surface area contributed by atoms with Gasteiger partial charge in [-0.25, -0.2) is 12.8 Å². The third-order valence-corrected chi connectivity index (χ3v) is 7.76. The molecular weight excluding hydrogens is 435 g/mol. The Labute approximate surface area is 188 Å². The Bertz CT molecular complexity index is 1020. The molecule has 2 fully saturated rings. The van der Waals surface area contributed by atoms with Crippen LogP contribution in [0.1, 0.15) is 6.92 Å². The van der Waals surface area contributed by atoms with Crippen LogP contribution in [0.15, 0.2) is 35.2 Å². The summed E-state index contributed by atoms with van der Waals surface area (Å²) in [4.78, 5) is 6.46. The highest BCUT2D eigenvalue weighted by atomic mass is 32.2. The molecule has 0 bridgehead atoms. The molecule has 1 aromatic carbocycles. The quantitative estimate of drug-likeness (QED) is 0.632. The first-order chi connectivity index (χ1) is 15.4. The van der Waals surface area contributed by atoms with Crippen LogP contribution in [0.4, 0.5) is 16.0 Å². The normalized spacial score (nSPS) is 18.7. The van der Waals surface area contributed by atoms with Crippen molar-refractivity contribution < 1.29 is 17.5 Å². The molecule has 11 heteroatoms. The molecule has 0 saturated carbocycles. The van der Waals surface area contributed by atoms with Crippen LogP contribution in [0.2, 0.25) is 0 Å². The Morgan fingerprint density at radius 2 is 1.47 bits per heavy atom. The van der Waals surface area contributed by atoms with Gasteiger partial charge in [0.2, 0.25) is 10.0 Å². The molecule has 0 aliphatic carbocycles. The van der Waals surface area contributed by atoms with Gasteiger partial charge in [-0.05, 0) is 44.3 Å². The largest absolute Gasteiger partial charge is 0.491 e. The lowest BCUT2D eigenvalue weighted by atomic mass is 10.3. The van der Waals surface area contributed by atoms with Crippen molar-refractivity contribution in [3.05, 3.63) is 36.1 Å². The van der Waals surface area contributed by atoms with Crippen LogP contribution in [0.3, 0.4) is 0 Å². The number of hydrogen-bond acceptors (Lipinski definition) is 8. The molecule has 9 nitrogen and oxygen atoms in total. The summed E-state index contributed by atoms with van der Waals surface area (Å²) in [7, 11) is -1.67. The number of hydrogen-bond donors (Lipinski definition) is 0. The van der Waals surface area contributed by atoms with Crippen molar-refractivity contribution in [3.8, 4) is 5.75 Å². The van der Waals surface area contributed by atoms with E-state index < -0.39 is 15.8 Å². The van der Waals surface area contributed by atoms with E-state index in [0.29, 0.717) is 32.8 Å². The molecule has 0 radical (unpaired) electrons. The van der Waals surface area contributed by atoms with Gasteiger partial charge in [-0.1, -0.05) is 0 Å². The number of piperazine rings is 2. The maximum absolute atomic E-state index is 14.2. The molecule has 174 valence electrons. The number of nitrogens with zero attached hydrogens (tertiary/aromatic N) is 6. The number of benzene rings is 1. The first-order valence-corrected chi connectivity index (χ1v) is 12.3. The molecule has 2 aliphatic heterocycles. The van der Waals surface area contributed by atoms with Crippen LogP contribution in [0.5, 0.6) is 5.75 Å². The number of anilines is 2. The second kappa shape index (κ2) is 9.55. The zero-order valence-electron chi connectivity index (χ0n) is 18.4. The van der Waals surface area contributed by atoms with Gasteiger partial charge in [0.15, 0.2) is 23.2 Å². The summed E-state index contributed by atoms with van der Waals surface area (Å²) in [5.41, 5.74) is 0. The van der Waals surface area contributed by atoms with Gasteiger partial charge < -0.3 is 19.4 Å². The minimum atomic E-state index is -3.78. The number of sulfonamides is 1. The van der Waals surface area contributed by atoms with Gasteiger partial charge in [0.1, 0.15) is 0 Å². The van der Waals surface area contributed by atoms with Crippen molar-refractivity contribution in [2.45, 2.75) is 11.8 Å². The summed E-state index contributed by atoms with van der Waals surface area (Å²) < 4.78 is 46.6. The monoisotopic (exact) mass is 464 g/mol. The first-order valence-electron chi connectivity index (χ1n) is 10.8. The minimum absolute atomic E-state index is 0.0508. The van der Waals surface area contributed by atoms with Crippen molar-refractivity contribution in [1.82, 2.24) is 19.4 Å². The van der Waals surface area contributed by atoms with E-state index in [2.05, 4.69) is 27.0 Å². The molecule has 2 saturated heterocycles. The maximum Gasteiger partial charge on any atom is 0.243 e. The molecule has 4 rings (SSSR count).